The number of ketones is 2. The quantitative estimate of drug-likeness (QED) is 0.371. The Labute approximate surface area is 102 Å². The molecule has 0 aromatic heterocycles. The second kappa shape index (κ2) is 8.56. The van der Waals surface area contributed by atoms with Crippen LogP contribution in [0.15, 0.2) is 23.7 Å². The number of rotatable bonds is 8. The van der Waals surface area contributed by atoms with E-state index in [1.54, 1.807) is 13.8 Å². The van der Waals surface area contributed by atoms with Crippen LogP contribution in [0.1, 0.15) is 34.1 Å². The molecular weight excluding hydrogens is 220 g/mol. The first-order valence-corrected chi connectivity index (χ1v) is 5.55. The summed E-state index contributed by atoms with van der Waals surface area (Å²) in [7, 11) is 0. The van der Waals surface area contributed by atoms with Crippen molar-refractivity contribution < 1.29 is 19.1 Å². The molecule has 0 aliphatic rings. The maximum absolute atomic E-state index is 10.7. The van der Waals surface area contributed by atoms with Crippen molar-refractivity contribution in [2.75, 3.05) is 13.2 Å². The molecule has 0 aliphatic heterocycles. The molecule has 0 rings (SSSR count). The van der Waals surface area contributed by atoms with Crippen LogP contribution in [-0.2, 0) is 19.1 Å². The molecule has 0 bridgehead atoms. The molecule has 0 unspecified atom stereocenters. The van der Waals surface area contributed by atoms with Gasteiger partial charge in [0.05, 0.1) is 24.7 Å². The van der Waals surface area contributed by atoms with Gasteiger partial charge in [0.25, 0.3) is 0 Å². The van der Waals surface area contributed by atoms with Crippen molar-refractivity contribution in [3.8, 4) is 0 Å². The van der Waals surface area contributed by atoms with Gasteiger partial charge in [-0.3, -0.25) is 9.59 Å². The minimum absolute atomic E-state index is 0.0287. The van der Waals surface area contributed by atoms with Gasteiger partial charge in [0.2, 0.25) is 0 Å². The third kappa shape index (κ3) is 10.7. The van der Waals surface area contributed by atoms with Crippen molar-refractivity contribution in [3.05, 3.63) is 23.7 Å². The Kier molecular flexibility index (Phi) is 7.76. The van der Waals surface area contributed by atoms with E-state index in [9.17, 15) is 9.59 Å². The van der Waals surface area contributed by atoms with Crippen LogP contribution in [0.25, 0.3) is 0 Å². The fourth-order valence-corrected chi connectivity index (χ4v) is 1.18. The second-order valence-electron chi connectivity index (χ2n) is 3.78. The van der Waals surface area contributed by atoms with Crippen LogP contribution < -0.4 is 0 Å². The summed E-state index contributed by atoms with van der Waals surface area (Å²) in [5.74, 6) is 1.15. The molecule has 0 saturated heterocycles. The van der Waals surface area contributed by atoms with Crippen molar-refractivity contribution in [2.24, 2.45) is 0 Å². The molecule has 0 atom stereocenters. The Morgan fingerprint density at radius 1 is 0.824 bits per heavy atom. The monoisotopic (exact) mass is 240 g/mol. The van der Waals surface area contributed by atoms with Crippen molar-refractivity contribution in [3.63, 3.8) is 0 Å². The van der Waals surface area contributed by atoms with Crippen LogP contribution in [0.3, 0.4) is 0 Å². The number of hydrogen-bond acceptors (Lipinski definition) is 4. The van der Waals surface area contributed by atoms with E-state index in [0.29, 0.717) is 31.2 Å². The van der Waals surface area contributed by atoms with Gasteiger partial charge in [-0.2, -0.15) is 0 Å². The maximum Gasteiger partial charge on any atom is 0.155 e. The normalized spacial score (nSPS) is 12.2. The zero-order valence-electron chi connectivity index (χ0n) is 10.9. The Bertz CT molecular complexity index is 294. The fraction of sp³-hybridized carbons (Fsp3) is 0.538. The third-order valence-corrected chi connectivity index (χ3v) is 1.76. The molecule has 17 heavy (non-hydrogen) atoms. The van der Waals surface area contributed by atoms with Crippen molar-refractivity contribution in [2.45, 2.75) is 34.1 Å². The molecule has 0 amide bonds. The highest BCUT2D eigenvalue weighted by molar-refractivity contribution is 5.87. The molecule has 4 nitrogen and oxygen atoms in total. The minimum atomic E-state index is -0.0287. The lowest BCUT2D eigenvalue weighted by Gasteiger charge is -2.07. The highest BCUT2D eigenvalue weighted by Gasteiger charge is 1.96. The minimum Gasteiger partial charge on any atom is -0.498 e. The summed E-state index contributed by atoms with van der Waals surface area (Å²) in [5.41, 5.74) is 0. The average Bonchev–Trinajstić information content (AvgIpc) is 2.14. The third-order valence-electron chi connectivity index (χ3n) is 1.76. The van der Waals surface area contributed by atoms with E-state index in [4.69, 9.17) is 9.47 Å². The fourth-order valence-electron chi connectivity index (χ4n) is 1.18. The number of ether oxygens (including phenoxy) is 2. The van der Waals surface area contributed by atoms with E-state index >= 15 is 0 Å². The summed E-state index contributed by atoms with van der Waals surface area (Å²) < 4.78 is 10.6. The summed E-state index contributed by atoms with van der Waals surface area (Å²) in [6, 6.07) is 0. The Hall–Kier alpha value is -1.58. The predicted molar refractivity (Wildman–Crippen MR) is 65.4 cm³/mol. The van der Waals surface area contributed by atoms with Crippen LogP contribution in [0.4, 0.5) is 0 Å². The molecule has 0 spiro atoms. The highest BCUT2D eigenvalue weighted by Crippen LogP contribution is 2.00. The standard InChI is InChI=1S/C13H20O4/c1-10(14)8-12(3)16-6-5-7-17-13(4)9-11(2)15/h8-9H,5-7H2,1-4H3. The SMILES string of the molecule is CC(=O)C=C(C)OCCCOC(C)=CC(C)=O. The van der Waals surface area contributed by atoms with Crippen molar-refractivity contribution in [1.82, 2.24) is 0 Å². The molecule has 0 saturated carbocycles. The van der Waals surface area contributed by atoms with Crippen molar-refractivity contribution >= 4 is 11.6 Å². The summed E-state index contributed by atoms with van der Waals surface area (Å²) in [6.07, 6.45) is 3.59. The lowest BCUT2D eigenvalue weighted by molar-refractivity contribution is -0.113. The lowest BCUT2D eigenvalue weighted by atomic mass is 10.3. The maximum atomic E-state index is 10.7. The molecule has 0 fully saturated rings. The molecule has 4 heteroatoms. The van der Waals surface area contributed by atoms with E-state index in [2.05, 4.69) is 0 Å². The Morgan fingerprint density at radius 2 is 1.18 bits per heavy atom. The van der Waals surface area contributed by atoms with Gasteiger partial charge in [0.1, 0.15) is 0 Å². The van der Waals surface area contributed by atoms with Crippen molar-refractivity contribution in [1.29, 1.82) is 0 Å². The Morgan fingerprint density at radius 3 is 1.47 bits per heavy atom. The zero-order valence-corrected chi connectivity index (χ0v) is 10.9. The number of allylic oxidation sites excluding steroid dienone is 4. The van der Waals surface area contributed by atoms with E-state index in [0.717, 1.165) is 0 Å². The zero-order chi connectivity index (χ0) is 13.3. The van der Waals surface area contributed by atoms with Crippen LogP contribution in [-0.4, -0.2) is 24.8 Å². The molecule has 0 aliphatic carbocycles. The summed E-state index contributed by atoms with van der Waals surface area (Å²) in [5, 5.41) is 0. The van der Waals surface area contributed by atoms with Crippen LogP contribution in [0.5, 0.6) is 0 Å². The van der Waals surface area contributed by atoms with Gasteiger partial charge >= 0.3 is 0 Å². The van der Waals surface area contributed by atoms with Gasteiger partial charge in [-0.25, -0.2) is 0 Å². The van der Waals surface area contributed by atoms with Gasteiger partial charge in [0, 0.05) is 18.6 Å². The first-order chi connectivity index (χ1) is 7.91. The topological polar surface area (TPSA) is 52.6 Å². The molecule has 96 valence electrons. The largest absolute Gasteiger partial charge is 0.498 e. The first-order valence-electron chi connectivity index (χ1n) is 5.55. The van der Waals surface area contributed by atoms with E-state index in [1.165, 1.54) is 26.0 Å². The predicted octanol–water partition coefficient (Wildman–Crippen LogP) is 2.40. The summed E-state index contributed by atoms with van der Waals surface area (Å²) in [6.45, 7) is 7.41. The van der Waals surface area contributed by atoms with Crippen LogP contribution in [0, 0.1) is 0 Å². The lowest BCUT2D eigenvalue weighted by Crippen LogP contribution is -2.01. The number of hydrogen-bond donors (Lipinski definition) is 0. The van der Waals surface area contributed by atoms with Crippen LogP contribution >= 0.6 is 0 Å². The number of carbonyl (C=O) groups excluding carboxylic acids is 2. The molecule has 0 radical (unpaired) electrons. The molecule has 0 N–H and O–H groups in total. The van der Waals surface area contributed by atoms with E-state index < -0.39 is 0 Å². The van der Waals surface area contributed by atoms with Gasteiger partial charge in [-0.15, -0.1) is 0 Å². The molecular formula is C13H20O4. The highest BCUT2D eigenvalue weighted by atomic mass is 16.5. The number of carbonyl (C=O) groups is 2. The average molecular weight is 240 g/mol. The van der Waals surface area contributed by atoms with Gasteiger partial charge < -0.3 is 9.47 Å². The molecule has 0 aromatic rings. The van der Waals surface area contributed by atoms with Gasteiger partial charge in [-0.1, -0.05) is 0 Å². The van der Waals surface area contributed by atoms with Gasteiger partial charge in [-0.05, 0) is 27.7 Å². The smallest absolute Gasteiger partial charge is 0.155 e. The molecule has 0 aromatic carbocycles. The summed E-state index contributed by atoms with van der Waals surface area (Å²) >= 11 is 0. The van der Waals surface area contributed by atoms with Crippen LogP contribution in [0.2, 0.25) is 0 Å². The molecule has 0 heterocycles. The van der Waals surface area contributed by atoms with E-state index in [-0.39, 0.29) is 11.6 Å². The van der Waals surface area contributed by atoms with E-state index in [1.807, 2.05) is 0 Å². The second-order valence-corrected chi connectivity index (χ2v) is 3.78. The van der Waals surface area contributed by atoms with Gasteiger partial charge in [0.15, 0.2) is 11.6 Å². The first kappa shape index (κ1) is 15.4. The Balaban J connectivity index is 3.66. The summed E-state index contributed by atoms with van der Waals surface area (Å²) in [4.78, 5) is 21.4.